The van der Waals surface area contributed by atoms with Gasteiger partial charge < -0.3 is 10.2 Å². The van der Waals surface area contributed by atoms with E-state index < -0.39 is 0 Å². The zero-order chi connectivity index (χ0) is 34.5. The van der Waals surface area contributed by atoms with Gasteiger partial charge in [0, 0.05) is 24.8 Å². The van der Waals surface area contributed by atoms with Crippen molar-refractivity contribution in [3.05, 3.63) is 113 Å². The van der Waals surface area contributed by atoms with E-state index in [1.165, 1.54) is 0 Å². The molecule has 3 aromatic carbocycles. The number of rotatable bonds is 4. The van der Waals surface area contributed by atoms with Gasteiger partial charge >= 0.3 is 19.5 Å². The molecule has 0 atom stereocenters. The molecule has 5 nitrogen and oxygen atoms in total. The van der Waals surface area contributed by atoms with Crippen molar-refractivity contribution >= 4 is 23.8 Å². The smallest absolute Gasteiger partial charge is 0.872 e. The molecule has 0 saturated carbocycles. The van der Waals surface area contributed by atoms with E-state index in [0.717, 1.165) is 22.3 Å². The van der Waals surface area contributed by atoms with Crippen molar-refractivity contribution in [3.63, 3.8) is 0 Å². The van der Waals surface area contributed by atoms with Crippen LogP contribution in [0.15, 0.2) is 89.1 Å². The molecular weight excluding hydrogens is 632 g/mol. The van der Waals surface area contributed by atoms with Crippen LogP contribution >= 0.6 is 0 Å². The van der Waals surface area contributed by atoms with Crippen LogP contribution in [0.25, 0.3) is 0 Å². The molecule has 0 N–H and O–H groups in total. The third-order valence-electron chi connectivity index (χ3n) is 7.72. The summed E-state index contributed by atoms with van der Waals surface area (Å²) in [6.45, 7) is 25.2. The van der Waals surface area contributed by atoms with Gasteiger partial charge in [-0.3, -0.25) is 15.0 Å². The molecule has 0 radical (unpaired) electrons. The van der Waals surface area contributed by atoms with Crippen LogP contribution in [0.5, 0.6) is 11.5 Å². The van der Waals surface area contributed by atoms with E-state index in [1.807, 2.05) is 66.7 Å². The average molecular weight is 683 g/mol. The number of aromatic nitrogens is 1. The Hall–Kier alpha value is -3.63. The topological polar surface area (TPSA) is 83.7 Å². The van der Waals surface area contributed by atoms with Crippen molar-refractivity contribution in [1.29, 1.82) is 0 Å². The molecule has 0 amide bonds. The van der Waals surface area contributed by atoms with Crippen LogP contribution < -0.4 is 10.2 Å². The van der Waals surface area contributed by atoms with Gasteiger partial charge in [0.2, 0.25) is 0 Å². The molecule has 0 bridgehead atoms. The van der Waals surface area contributed by atoms with Crippen LogP contribution in [-0.4, -0.2) is 17.4 Å². The van der Waals surface area contributed by atoms with E-state index in [1.54, 1.807) is 24.8 Å². The average Bonchev–Trinajstić information content (AvgIpc) is 2.95. The van der Waals surface area contributed by atoms with Gasteiger partial charge in [0.05, 0.1) is 11.4 Å². The molecule has 0 aliphatic heterocycles. The monoisotopic (exact) mass is 681 g/mol. The van der Waals surface area contributed by atoms with Gasteiger partial charge in [-0.15, -0.1) is 0 Å². The molecule has 47 heavy (non-hydrogen) atoms. The van der Waals surface area contributed by atoms with Gasteiger partial charge in [-0.25, -0.2) is 0 Å². The molecule has 0 fully saturated rings. The quantitative estimate of drug-likeness (QED) is 0.159. The molecule has 0 spiro atoms. The standard InChI is InChI=1S/C36H48N2O2.C5H5N.Zn/c1-33(2,3)25-17-23(31(39)27(19-25)35(7,8)9)21-37-29-15-13-14-16-30(29)38-22-24-18-26(34(4,5)6)20-28(32(24)40)36(10,11)12;1-2-4-6-5-3-1;/h13-22,39-40H,1-12H3;1-5H;/q;;+2/p-2. The van der Waals surface area contributed by atoms with Crippen molar-refractivity contribution in [2.45, 2.75) is 105 Å². The maximum Gasteiger partial charge on any atom is 2.00 e. The first kappa shape index (κ1) is 39.6. The molecule has 4 aromatic rings. The first-order valence-corrected chi connectivity index (χ1v) is 15.9. The number of aliphatic imine (C=N–C) groups is 2. The number of benzene rings is 3. The minimum Gasteiger partial charge on any atom is -0.872 e. The Morgan fingerprint density at radius 3 is 1.13 bits per heavy atom. The van der Waals surface area contributed by atoms with Crippen molar-refractivity contribution in [1.82, 2.24) is 4.98 Å². The molecule has 244 valence electrons. The van der Waals surface area contributed by atoms with Crippen LogP contribution in [0, 0.1) is 0 Å². The van der Waals surface area contributed by atoms with Crippen LogP contribution in [0.3, 0.4) is 0 Å². The molecule has 0 aliphatic rings. The van der Waals surface area contributed by atoms with E-state index >= 15 is 0 Å². The Morgan fingerprint density at radius 2 is 0.872 bits per heavy atom. The SMILES string of the molecule is CC(C)(C)c1cc(C=Nc2ccccc2N=Cc2cc(C(C)(C)C)cc(C(C)(C)C)c2[O-])c([O-])c(C(C)(C)C)c1.[Zn+2].c1ccncc1. The first-order valence-electron chi connectivity index (χ1n) is 15.9. The van der Waals surface area contributed by atoms with Crippen molar-refractivity contribution in [2.75, 3.05) is 0 Å². The summed E-state index contributed by atoms with van der Waals surface area (Å²) >= 11 is 0. The third kappa shape index (κ3) is 11.0. The summed E-state index contributed by atoms with van der Waals surface area (Å²) in [5.74, 6) is -0.00938. The molecule has 4 rings (SSSR count). The fourth-order valence-corrected chi connectivity index (χ4v) is 4.75. The number of nitrogens with zero attached hydrogens (tertiary/aromatic N) is 3. The van der Waals surface area contributed by atoms with Gasteiger partial charge in [0.1, 0.15) is 0 Å². The molecule has 6 heteroatoms. The normalized spacial score (nSPS) is 12.5. The molecule has 0 aliphatic carbocycles. The Kier molecular flexibility index (Phi) is 13.1. The van der Waals surface area contributed by atoms with Crippen molar-refractivity contribution < 1.29 is 29.7 Å². The van der Waals surface area contributed by atoms with E-state index in [0.29, 0.717) is 22.5 Å². The van der Waals surface area contributed by atoms with Crippen molar-refractivity contribution in [2.24, 2.45) is 9.98 Å². The number of hydrogen-bond acceptors (Lipinski definition) is 5. The van der Waals surface area contributed by atoms with Gasteiger partial charge in [-0.2, -0.15) is 0 Å². The largest absolute Gasteiger partial charge is 2.00 e. The summed E-state index contributed by atoms with van der Waals surface area (Å²) in [6.07, 6.45) is 6.80. The Bertz CT molecular complexity index is 1540. The van der Waals surface area contributed by atoms with Crippen LogP contribution in [-0.2, 0) is 41.1 Å². The van der Waals surface area contributed by atoms with E-state index in [-0.39, 0.29) is 52.6 Å². The van der Waals surface area contributed by atoms with E-state index in [2.05, 4.69) is 88.1 Å². The first-order chi connectivity index (χ1) is 21.2. The second-order valence-corrected chi connectivity index (χ2v) is 15.9. The van der Waals surface area contributed by atoms with E-state index in [9.17, 15) is 10.2 Å². The molecule has 0 unspecified atom stereocenters. The molecule has 1 aromatic heterocycles. The van der Waals surface area contributed by atoms with Crippen molar-refractivity contribution in [3.8, 4) is 11.5 Å². The predicted octanol–water partition coefficient (Wildman–Crippen LogP) is 9.60. The Labute approximate surface area is 296 Å². The number of para-hydroxylation sites is 2. The maximum absolute atomic E-state index is 13.4. The summed E-state index contributed by atoms with van der Waals surface area (Å²) in [5, 5.41) is 26.8. The minimum atomic E-state index is -0.285. The number of pyridine rings is 1. The fourth-order valence-electron chi connectivity index (χ4n) is 4.75. The third-order valence-corrected chi connectivity index (χ3v) is 7.72. The van der Waals surface area contributed by atoms with Crippen LogP contribution in [0.4, 0.5) is 11.4 Å². The second kappa shape index (κ2) is 15.5. The van der Waals surface area contributed by atoms with Gasteiger partial charge in [-0.05, 0) is 79.3 Å². The molecule has 1 heterocycles. The second-order valence-electron chi connectivity index (χ2n) is 15.9. The predicted molar refractivity (Wildman–Crippen MR) is 192 cm³/mol. The maximum atomic E-state index is 13.4. The summed E-state index contributed by atoms with van der Waals surface area (Å²) < 4.78 is 0. The summed E-state index contributed by atoms with van der Waals surface area (Å²) in [7, 11) is 0. The fraction of sp³-hybridized carbons (Fsp3) is 0.390. The van der Waals surface area contributed by atoms with E-state index in [4.69, 9.17) is 9.98 Å². The van der Waals surface area contributed by atoms with Crippen LogP contribution in [0.2, 0.25) is 0 Å². The Balaban J connectivity index is 0.000000983. The Morgan fingerprint density at radius 1 is 0.511 bits per heavy atom. The molecular formula is C41H51N3O2Zn. The van der Waals surface area contributed by atoms with Crippen LogP contribution in [0.1, 0.15) is 116 Å². The van der Waals surface area contributed by atoms with Gasteiger partial charge in [-0.1, -0.05) is 137 Å². The van der Waals surface area contributed by atoms with Gasteiger partial charge in [0.25, 0.3) is 0 Å². The summed E-state index contributed by atoms with van der Waals surface area (Å²) in [4.78, 5) is 13.2. The number of hydrogen-bond donors (Lipinski definition) is 0. The molecule has 0 saturated heterocycles. The zero-order valence-electron chi connectivity index (χ0n) is 30.5. The minimum absolute atomic E-state index is 0. The van der Waals surface area contributed by atoms with Gasteiger partial charge in [0.15, 0.2) is 0 Å². The summed E-state index contributed by atoms with van der Waals surface area (Å²) in [6, 6.07) is 21.2. The summed E-state index contributed by atoms with van der Waals surface area (Å²) in [5.41, 5.74) is 5.36. The zero-order valence-corrected chi connectivity index (χ0v) is 33.5.